The van der Waals surface area contributed by atoms with Crippen molar-refractivity contribution < 1.29 is 19.7 Å². The summed E-state index contributed by atoms with van der Waals surface area (Å²) in [4.78, 5) is 14.8. The van der Waals surface area contributed by atoms with Crippen LogP contribution < -0.4 is 5.43 Å². The normalized spacial score (nSPS) is 20.0. The molecule has 0 radical (unpaired) electrons. The van der Waals surface area contributed by atoms with E-state index in [2.05, 4.69) is 0 Å². The van der Waals surface area contributed by atoms with Gasteiger partial charge < -0.3 is 24.6 Å². The molecule has 1 aliphatic heterocycles. The molecule has 2 aromatic carbocycles. The molecule has 0 amide bonds. The van der Waals surface area contributed by atoms with Crippen molar-refractivity contribution in [1.29, 1.82) is 0 Å². The van der Waals surface area contributed by atoms with Crippen LogP contribution in [0.2, 0.25) is 10.0 Å². The van der Waals surface area contributed by atoms with E-state index in [0.717, 1.165) is 6.07 Å². The minimum atomic E-state index is -0.760. The average molecular weight is 462 g/mol. The summed E-state index contributed by atoms with van der Waals surface area (Å²) >= 11 is 12.4. The van der Waals surface area contributed by atoms with Crippen LogP contribution in [0.3, 0.4) is 0 Å². The molecule has 2 atom stereocenters. The van der Waals surface area contributed by atoms with Crippen molar-refractivity contribution in [2.45, 2.75) is 18.4 Å². The Morgan fingerprint density at radius 2 is 1.84 bits per heavy atom. The van der Waals surface area contributed by atoms with Gasteiger partial charge in [0.1, 0.15) is 28.2 Å². The second-order valence-corrected chi connectivity index (χ2v) is 8.55. The van der Waals surface area contributed by atoms with Crippen molar-refractivity contribution in [3.8, 4) is 11.5 Å². The number of benzene rings is 2. The SMILES string of the molecule is CN1CCC(c2c(O)cc(O)c3c(=O)cc(/C=C/c4c(Cl)cccc4Cl)oc23)C(O)C1. The Morgan fingerprint density at radius 1 is 1.13 bits per heavy atom. The van der Waals surface area contributed by atoms with Crippen LogP contribution in [0.5, 0.6) is 11.5 Å². The van der Waals surface area contributed by atoms with Crippen LogP contribution in [0, 0.1) is 0 Å². The standard InChI is InChI=1S/C23H21Cl2NO5/c1-26-8-7-14(20(30)11-26)21-18(28)10-19(29)22-17(27)9-12(31-23(21)22)5-6-13-15(24)3-2-4-16(13)25/h2-6,9-10,14,20,28-30H,7-8,11H2,1H3/b6-5+. The molecule has 6 nitrogen and oxygen atoms in total. The van der Waals surface area contributed by atoms with Crippen molar-refractivity contribution in [3.63, 3.8) is 0 Å². The maximum atomic E-state index is 12.8. The van der Waals surface area contributed by atoms with Gasteiger partial charge in [0, 0.05) is 45.8 Å². The van der Waals surface area contributed by atoms with E-state index < -0.39 is 17.5 Å². The number of phenols is 2. The highest BCUT2D eigenvalue weighted by Gasteiger charge is 2.32. The number of aromatic hydroxyl groups is 2. The van der Waals surface area contributed by atoms with Crippen LogP contribution in [0.25, 0.3) is 23.1 Å². The molecule has 1 aliphatic rings. The number of likely N-dealkylation sites (N-methyl/N-ethyl adjacent to an activating group) is 1. The maximum absolute atomic E-state index is 12.8. The fourth-order valence-electron chi connectivity index (χ4n) is 4.04. The summed E-state index contributed by atoms with van der Waals surface area (Å²) in [5.41, 5.74) is 0.477. The number of hydrogen-bond acceptors (Lipinski definition) is 6. The van der Waals surface area contributed by atoms with Gasteiger partial charge in [-0.1, -0.05) is 29.3 Å². The van der Waals surface area contributed by atoms with Crippen LogP contribution in [-0.4, -0.2) is 46.5 Å². The fraction of sp³-hybridized carbons (Fsp3) is 0.261. The number of aliphatic hydroxyl groups excluding tert-OH is 1. The lowest BCUT2D eigenvalue weighted by Gasteiger charge is -2.34. The summed E-state index contributed by atoms with van der Waals surface area (Å²) in [5.74, 6) is -0.851. The zero-order valence-electron chi connectivity index (χ0n) is 16.7. The molecule has 2 unspecified atom stereocenters. The number of fused-ring (bicyclic) bond motifs is 1. The molecule has 0 bridgehead atoms. The van der Waals surface area contributed by atoms with Crippen LogP contribution in [0.15, 0.2) is 39.5 Å². The number of piperidine rings is 1. The van der Waals surface area contributed by atoms with E-state index in [9.17, 15) is 20.1 Å². The monoisotopic (exact) mass is 461 g/mol. The van der Waals surface area contributed by atoms with E-state index in [1.54, 1.807) is 30.4 Å². The lowest BCUT2D eigenvalue weighted by molar-refractivity contribution is 0.0630. The van der Waals surface area contributed by atoms with Gasteiger partial charge in [0.05, 0.1) is 6.10 Å². The Labute approximate surface area is 188 Å². The van der Waals surface area contributed by atoms with Gasteiger partial charge >= 0.3 is 0 Å². The molecule has 3 aromatic rings. The van der Waals surface area contributed by atoms with Crippen LogP contribution >= 0.6 is 23.2 Å². The summed E-state index contributed by atoms with van der Waals surface area (Å²) in [6, 6.07) is 7.48. The molecule has 8 heteroatoms. The van der Waals surface area contributed by atoms with Crippen molar-refractivity contribution in [1.82, 2.24) is 4.90 Å². The third kappa shape index (κ3) is 4.16. The van der Waals surface area contributed by atoms with Crippen molar-refractivity contribution in [2.24, 2.45) is 0 Å². The number of aliphatic hydroxyl groups is 1. The highest BCUT2D eigenvalue weighted by molar-refractivity contribution is 6.37. The van der Waals surface area contributed by atoms with Gasteiger partial charge in [-0.3, -0.25) is 4.79 Å². The molecular formula is C23H21Cl2NO5. The summed E-state index contributed by atoms with van der Waals surface area (Å²) < 4.78 is 5.95. The van der Waals surface area contributed by atoms with E-state index in [4.69, 9.17) is 27.6 Å². The molecule has 1 aromatic heterocycles. The first-order valence-electron chi connectivity index (χ1n) is 9.77. The van der Waals surface area contributed by atoms with Crippen LogP contribution in [-0.2, 0) is 0 Å². The molecule has 1 saturated heterocycles. The minimum absolute atomic E-state index is 0.0353. The molecular weight excluding hydrogens is 441 g/mol. The predicted molar refractivity (Wildman–Crippen MR) is 122 cm³/mol. The summed E-state index contributed by atoms with van der Waals surface area (Å²) in [6.07, 6.45) is 2.97. The van der Waals surface area contributed by atoms with Gasteiger partial charge in [0.2, 0.25) is 0 Å². The highest BCUT2D eigenvalue weighted by atomic mass is 35.5. The number of halogens is 2. The Hall–Kier alpha value is -2.51. The van der Waals surface area contributed by atoms with Gasteiger partial charge in [0.25, 0.3) is 0 Å². The number of phenolic OH excluding ortho intramolecular Hbond substituents is 2. The number of hydrogen-bond donors (Lipinski definition) is 3. The largest absolute Gasteiger partial charge is 0.507 e. The van der Waals surface area contributed by atoms with Crippen molar-refractivity contribution in [3.05, 3.63) is 67.5 Å². The van der Waals surface area contributed by atoms with Crippen LogP contribution in [0.1, 0.15) is 29.2 Å². The van der Waals surface area contributed by atoms with Gasteiger partial charge in [-0.05, 0) is 44.3 Å². The molecule has 0 saturated carbocycles. The lowest BCUT2D eigenvalue weighted by atomic mass is 9.85. The predicted octanol–water partition coefficient (Wildman–Crippen LogP) is 4.46. The van der Waals surface area contributed by atoms with Crippen LogP contribution in [0.4, 0.5) is 0 Å². The lowest BCUT2D eigenvalue weighted by Crippen LogP contribution is -2.40. The molecule has 0 spiro atoms. The average Bonchev–Trinajstić information content (AvgIpc) is 2.68. The molecule has 31 heavy (non-hydrogen) atoms. The zero-order chi connectivity index (χ0) is 22.3. The summed E-state index contributed by atoms with van der Waals surface area (Å²) in [7, 11) is 1.90. The third-order valence-corrected chi connectivity index (χ3v) is 6.25. The molecule has 4 rings (SSSR count). The third-order valence-electron chi connectivity index (χ3n) is 5.59. The Balaban J connectivity index is 1.87. The van der Waals surface area contributed by atoms with E-state index in [1.165, 1.54) is 6.07 Å². The highest BCUT2D eigenvalue weighted by Crippen LogP contribution is 2.42. The number of likely N-dealkylation sites (tertiary alicyclic amines) is 1. The van der Waals surface area contributed by atoms with Gasteiger partial charge in [-0.2, -0.15) is 0 Å². The molecule has 1 fully saturated rings. The Kier molecular flexibility index (Phi) is 5.99. The maximum Gasteiger partial charge on any atom is 0.197 e. The van der Waals surface area contributed by atoms with Gasteiger partial charge in [0.15, 0.2) is 5.43 Å². The molecule has 3 N–H and O–H groups in total. The Morgan fingerprint density at radius 3 is 2.52 bits per heavy atom. The second kappa shape index (κ2) is 8.55. The van der Waals surface area contributed by atoms with Crippen molar-refractivity contribution >= 4 is 46.3 Å². The van der Waals surface area contributed by atoms with Gasteiger partial charge in [-0.25, -0.2) is 0 Å². The van der Waals surface area contributed by atoms with E-state index in [-0.39, 0.29) is 28.2 Å². The van der Waals surface area contributed by atoms with E-state index >= 15 is 0 Å². The summed E-state index contributed by atoms with van der Waals surface area (Å²) in [5, 5.41) is 32.3. The second-order valence-electron chi connectivity index (χ2n) is 7.74. The van der Waals surface area contributed by atoms with Crippen molar-refractivity contribution in [2.75, 3.05) is 20.1 Å². The minimum Gasteiger partial charge on any atom is -0.507 e. The first-order valence-corrected chi connectivity index (χ1v) is 10.5. The number of nitrogens with zero attached hydrogens (tertiary/aromatic N) is 1. The number of rotatable bonds is 3. The first kappa shape index (κ1) is 21.7. The van der Waals surface area contributed by atoms with E-state index in [1.807, 2.05) is 11.9 Å². The fourth-order valence-corrected chi connectivity index (χ4v) is 4.57. The van der Waals surface area contributed by atoms with E-state index in [0.29, 0.717) is 40.7 Å². The summed E-state index contributed by atoms with van der Waals surface area (Å²) in [6.45, 7) is 1.12. The smallest absolute Gasteiger partial charge is 0.197 e. The topological polar surface area (TPSA) is 94.1 Å². The van der Waals surface area contributed by atoms with Gasteiger partial charge in [-0.15, -0.1) is 0 Å². The number of β-amino-alcohol motifs (C(OH)–C–C–N with tert-alkyl or cyclic N) is 1. The molecule has 2 heterocycles. The molecule has 162 valence electrons. The zero-order valence-corrected chi connectivity index (χ0v) is 18.2. The molecule has 0 aliphatic carbocycles. The first-order chi connectivity index (χ1) is 14.8. The Bertz CT molecular complexity index is 1220. The quantitative estimate of drug-likeness (QED) is 0.532.